The van der Waals surface area contributed by atoms with Crippen molar-refractivity contribution in [3.05, 3.63) is 17.0 Å². The van der Waals surface area contributed by atoms with E-state index >= 15 is 0 Å². The van der Waals surface area contributed by atoms with Crippen LogP contribution in [0.25, 0.3) is 0 Å². The number of hydrogen-bond donors (Lipinski definition) is 2. The Morgan fingerprint density at radius 2 is 2.07 bits per heavy atom. The van der Waals surface area contributed by atoms with Crippen molar-refractivity contribution in [1.82, 2.24) is 14.9 Å². The van der Waals surface area contributed by atoms with Crippen LogP contribution >= 0.6 is 11.3 Å². The van der Waals surface area contributed by atoms with Crippen LogP contribution in [0.3, 0.4) is 0 Å². The molecule has 29 heavy (non-hydrogen) atoms. The van der Waals surface area contributed by atoms with Crippen molar-refractivity contribution < 1.29 is 13.2 Å². The van der Waals surface area contributed by atoms with Crippen molar-refractivity contribution in [2.75, 3.05) is 39.9 Å². The fourth-order valence-electron chi connectivity index (χ4n) is 4.11. The molecular weight excluding hydrogens is 408 g/mol. The average Bonchev–Trinajstić information content (AvgIpc) is 3.21. The van der Waals surface area contributed by atoms with Gasteiger partial charge in [0.25, 0.3) is 10.0 Å². The number of guanidine groups is 1. The summed E-state index contributed by atoms with van der Waals surface area (Å²) in [6.07, 6.45) is 6.58. The van der Waals surface area contributed by atoms with Gasteiger partial charge in [0.2, 0.25) is 0 Å². The Morgan fingerprint density at radius 3 is 2.79 bits per heavy atom. The molecule has 0 aromatic carbocycles. The van der Waals surface area contributed by atoms with Gasteiger partial charge in [-0.05, 0) is 36.8 Å². The van der Waals surface area contributed by atoms with Gasteiger partial charge in [-0.2, -0.15) is 4.31 Å². The highest BCUT2D eigenvalue weighted by molar-refractivity contribution is 7.91. The third-order valence-corrected chi connectivity index (χ3v) is 9.20. The second kappa shape index (κ2) is 10.7. The van der Waals surface area contributed by atoms with Crippen molar-refractivity contribution in [1.29, 1.82) is 0 Å². The highest BCUT2D eigenvalue weighted by atomic mass is 32.2. The summed E-state index contributed by atoms with van der Waals surface area (Å²) in [6.45, 7) is 5.59. The third kappa shape index (κ3) is 6.41. The number of morpholine rings is 1. The van der Waals surface area contributed by atoms with E-state index in [1.165, 1.54) is 47.7 Å². The van der Waals surface area contributed by atoms with Crippen LogP contribution in [0.4, 0.5) is 0 Å². The molecule has 2 N–H and O–H groups in total. The first-order valence-corrected chi connectivity index (χ1v) is 12.9. The van der Waals surface area contributed by atoms with Crippen LogP contribution in [-0.2, 0) is 21.3 Å². The summed E-state index contributed by atoms with van der Waals surface area (Å²) in [6, 6.07) is 3.58. The van der Waals surface area contributed by atoms with Crippen molar-refractivity contribution >= 4 is 27.3 Å². The van der Waals surface area contributed by atoms with Crippen LogP contribution in [0.15, 0.2) is 21.3 Å². The lowest BCUT2D eigenvalue weighted by atomic mass is 9.81. The molecule has 1 aliphatic heterocycles. The zero-order valence-corrected chi connectivity index (χ0v) is 19.2. The topological polar surface area (TPSA) is 83.0 Å². The third-order valence-electron chi connectivity index (χ3n) is 5.74. The van der Waals surface area contributed by atoms with Gasteiger partial charge in [-0.15, -0.1) is 11.3 Å². The van der Waals surface area contributed by atoms with Crippen LogP contribution in [0.2, 0.25) is 0 Å². The molecule has 9 heteroatoms. The number of aliphatic imine (C=N–C) groups is 1. The highest BCUT2D eigenvalue weighted by Crippen LogP contribution is 2.30. The molecule has 7 nitrogen and oxygen atoms in total. The van der Waals surface area contributed by atoms with Crippen LogP contribution < -0.4 is 10.6 Å². The molecule has 2 unspecified atom stereocenters. The Morgan fingerprint density at radius 1 is 1.28 bits per heavy atom. The SMILES string of the molecule is CN=C(NCCC1CCCC(C)C1)NCc1ccc(S(=O)(=O)N2CCOCC2)s1. The van der Waals surface area contributed by atoms with Crippen molar-refractivity contribution in [3.8, 4) is 0 Å². The van der Waals surface area contributed by atoms with E-state index < -0.39 is 10.0 Å². The molecular formula is C20H34N4O3S2. The monoisotopic (exact) mass is 442 g/mol. The number of ether oxygens (including phenoxy) is 1. The van der Waals surface area contributed by atoms with Crippen LogP contribution in [0.1, 0.15) is 43.9 Å². The van der Waals surface area contributed by atoms with Gasteiger partial charge in [0.15, 0.2) is 5.96 Å². The lowest BCUT2D eigenvalue weighted by molar-refractivity contribution is 0.0731. The summed E-state index contributed by atoms with van der Waals surface area (Å²) in [5, 5.41) is 6.69. The van der Waals surface area contributed by atoms with E-state index in [-0.39, 0.29) is 0 Å². The predicted molar refractivity (Wildman–Crippen MR) is 118 cm³/mol. The smallest absolute Gasteiger partial charge is 0.252 e. The first-order valence-electron chi connectivity index (χ1n) is 10.6. The molecule has 0 bridgehead atoms. The molecule has 1 saturated heterocycles. The van der Waals surface area contributed by atoms with E-state index in [1.807, 2.05) is 6.07 Å². The Bertz CT molecular complexity index is 772. The van der Waals surface area contributed by atoms with Gasteiger partial charge in [0.1, 0.15) is 4.21 Å². The lowest BCUT2D eigenvalue weighted by Gasteiger charge is -2.26. The molecule has 0 radical (unpaired) electrons. The maximum Gasteiger partial charge on any atom is 0.252 e. The summed E-state index contributed by atoms with van der Waals surface area (Å²) in [5.74, 6) is 2.43. The molecule has 1 saturated carbocycles. The van der Waals surface area contributed by atoms with E-state index in [9.17, 15) is 8.42 Å². The van der Waals surface area contributed by atoms with Crippen molar-refractivity contribution in [2.45, 2.75) is 49.8 Å². The number of hydrogen-bond acceptors (Lipinski definition) is 5. The maximum atomic E-state index is 12.7. The van der Waals surface area contributed by atoms with Crippen LogP contribution in [0.5, 0.6) is 0 Å². The Balaban J connectivity index is 1.45. The van der Waals surface area contributed by atoms with Crippen molar-refractivity contribution in [2.24, 2.45) is 16.8 Å². The van der Waals surface area contributed by atoms with Gasteiger partial charge in [-0.1, -0.05) is 26.2 Å². The summed E-state index contributed by atoms with van der Waals surface area (Å²) in [7, 11) is -1.65. The molecule has 3 rings (SSSR count). The van der Waals surface area contributed by atoms with Gasteiger partial charge in [-0.3, -0.25) is 4.99 Å². The Labute approximate surface area is 179 Å². The molecule has 1 aromatic rings. The number of rotatable bonds is 7. The number of nitrogens with one attached hydrogen (secondary N) is 2. The van der Waals surface area contributed by atoms with E-state index in [2.05, 4.69) is 22.5 Å². The minimum atomic E-state index is -3.42. The molecule has 2 atom stereocenters. The lowest BCUT2D eigenvalue weighted by Crippen LogP contribution is -2.40. The van der Waals surface area contributed by atoms with Crippen LogP contribution in [0, 0.1) is 11.8 Å². The second-order valence-electron chi connectivity index (χ2n) is 8.02. The molecule has 1 aliphatic carbocycles. The van der Waals surface area contributed by atoms with Crippen molar-refractivity contribution in [3.63, 3.8) is 0 Å². The first-order chi connectivity index (χ1) is 14.0. The molecule has 2 heterocycles. The zero-order chi connectivity index (χ0) is 20.7. The summed E-state index contributed by atoms with van der Waals surface area (Å²) < 4.78 is 32.6. The van der Waals surface area contributed by atoms with Gasteiger partial charge >= 0.3 is 0 Å². The van der Waals surface area contributed by atoms with E-state index in [0.717, 1.165) is 29.2 Å². The molecule has 0 spiro atoms. The minimum Gasteiger partial charge on any atom is -0.379 e. The molecule has 2 aliphatic rings. The van der Waals surface area contributed by atoms with E-state index in [4.69, 9.17) is 4.74 Å². The number of nitrogens with zero attached hydrogens (tertiary/aromatic N) is 2. The van der Waals surface area contributed by atoms with Gasteiger partial charge in [0, 0.05) is 31.6 Å². The van der Waals surface area contributed by atoms with Gasteiger partial charge in [0.05, 0.1) is 19.8 Å². The van der Waals surface area contributed by atoms with Gasteiger partial charge in [-0.25, -0.2) is 8.42 Å². The Kier molecular flexibility index (Phi) is 8.35. The quantitative estimate of drug-likeness (QED) is 0.501. The standard InChI is InChI=1S/C20H34N4O3S2/c1-16-4-3-5-17(14-16)8-9-22-20(21-2)23-15-18-6-7-19(28-18)29(25,26)24-10-12-27-13-11-24/h6-7,16-17H,3-5,8-15H2,1-2H3,(H2,21,22,23). The molecule has 2 fully saturated rings. The number of sulfonamides is 1. The first kappa shape index (κ1) is 22.5. The fourth-order valence-corrected chi connectivity index (χ4v) is 6.97. The van der Waals surface area contributed by atoms with E-state index in [1.54, 1.807) is 13.1 Å². The van der Waals surface area contributed by atoms with E-state index in [0.29, 0.717) is 37.1 Å². The number of thiophene rings is 1. The maximum absolute atomic E-state index is 12.7. The summed E-state index contributed by atoms with van der Waals surface area (Å²) >= 11 is 1.32. The average molecular weight is 443 g/mol. The van der Waals surface area contributed by atoms with Crippen LogP contribution in [-0.4, -0.2) is 58.6 Å². The highest BCUT2D eigenvalue weighted by Gasteiger charge is 2.27. The Hall–Kier alpha value is -1.16. The summed E-state index contributed by atoms with van der Waals surface area (Å²) in [4.78, 5) is 5.26. The zero-order valence-electron chi connectivity index (χ0n) is 17.5. The minimum absolute atomic E-state index is 0.394. The molecule has 0 amide bonds. The second-order valence-corrected chi connectivity index (χ2v) is 11.3. The largest absolute Gasteiger partial charge is 0.379 e. The van der Waals surface area contributed by atoms with Gasteiger partial charge < -0.3 is 15.4 Å². The molecule has 1 aromatic heterocycles. The predicted octanol–water partition coefficient (Wildman–Crippen LogP) is 2.65. The molecule has 164 valence electrons. The normalized spacial score (nSPS) is 24.4. The summed E-state index contributed by atoms with van der Waals surface area (Å²) in [5.41, 5.74) is 0. The fraction of sp³-hybridized carbons (Fsp3) is 0.750.